The summed E-state index contributed by atoms with van der Waals surface area (Å²) in [5.74, 6) is 1.50. The number of fused-ring (bicyclic) bond motifs is 2. The topological polar surface area (TPSA) is 69.6 Å². The lowest BCUT2D eigenvalue weighted by Crippen LogP contribution is -2.20. The number of nitrogens with zero attached hydrogens (tertiary/aromatic N) is 3. The molecule has 0 spiro atoms. The minimum absolute atomic E-state index is 0.272. The summed E-state index contributed by atoms with van der Waals surface area (Å²) in [6.07, 6.45) is 1.61. The molecular weight excluding hydrogens is 390 g/mol. The first-order valence-electron chi connectivity index (χ1n) is 10.0. The second-order valence-corrected chi connectivity index (χ2v) is 6.93. The van der Waals surface area contributed by atoms with E-state index in [0.717, 1.165) is 16.5 Å². The van der Waals surface area contributed by atoms with E-state index in [1.807, 2.05) is 73.7 Å². The Morgan fingerprint density at radius 3 is 2.68 bits per heavy atom. The Morgan fingerprint density at radius 1 is 1.03 bits per heavy atom. The maximum atomic E-state index is 13.3. The molecule has 3 aromatic carbocycles. The largest absolute Gasteiger partial charge is 0.493 e. The van der Waals surface area contributed by atoms with Crippen molar-refractivity contribution in [2.24, 2.45) is 5.10 Å². The summed E-state index contributed by atoms with van der Waals surface area (Å²) in [6.45, 7) is 2.46. The Bertz CT molecular complexity index is 1450. The molecule has 0 aliphatic heterocycles. The first-order valence-corrected chi connectivity index (χ1v) is 10.0. The molecule has 6 heteroatoms. The smallest absolute Gasteiger partial charge is 0.282 e. The van der Waals surface area contributed by atoms with E-state index in [2.05, 4.69) is 5.10 Å². The van der Waals surface area contributed by atoms with E-state index in [4.69, 9.17) is 14.1 Å². The number of benzene rings is 3. The molecule has 5 aromatic rings. The van der Waals surface area contributed by atoms with Gasteiger partial charge in [0.2, 0.25) is 5.82 Å². The molecule has 6 nitrogen and oxygen atoms in total. The maximum Gasteiger partial charge on any atom is 0.282 e. The average Bonchev–Trinajstić information content (AvgIpc) is 3.24. The summed E-state index contributed by atoms with van der Waals surface area (Å²) in [4.78, 5) is 18.0. The summed E-state index contributed by atoms with van der Waals surface area (Å²) >= 11 is 0. The van der Waals surface area contributed by atoms with E-state index >= 15 is 0 Å². The standard InChI is InChI=1S/C25H19N3O3/c1-2-30-21-13-7-4-10-18(21)16-26-28-24(23-15-17-9-3-8-14-22(17)31-23)27-20-12-6-5-11-19(20)25(28)29/h3-16H,2H2,1H3. The highest BCUT2D eigenvalue weighted by molar-refractivity contribution is 5.85. The fourth-order valence-electron chi connectivity index (χ4n) is 3.48. The Balaban J connectivity index is 1.72. The third-order valence-corrected chi connectivity index (χ3v) is 4.93. The van der Waals surface area contributed by atoms with Gasteiger partial charge in [-0.05, 0) is 43.3 Å². The summed E-state index contributed by atoms with van der Waals surface area (Å²) in [6, 6.07) is 24.3. The number of hydrogen-bond donors (Lipinski definition) is 0. The van der Waals surface area contributed by atoms with Crippen LogP contribution in [0.15, 0.2) is 93.2 Å². The van der Waals surface area contributed by atoms with Crippen molar-refractivity contribution in [2.45, 2.75) is 6.92 Å². The van der Waals surface area contributed by atoms with Gasteiger partial charge in [-0.1, -0.05) is 42.5 Å². The summed E-state index contributed by atoms with van der Waals surface area (Å²) < 4.78 is 12.9. The highest BCUT2D eigenvalue weighted by atomic mass is 16.5. The molecule has 0 aliphatic rings. The summed E-state index contributed by atoms with van der Waals surface area (Å²) in [5, 5.41) is 5.90. The third-order valence-electron chi connectivity index (χ3n) is 4.93. The monoisotopic (exact) mass is 409 g/mol. The van der Waals surface area contributed by atoms with E-state index in [9.17, 15) is 4.79 Å². The van der Waals surface area contributed by atoms with Gasteiger partial charge in [0.1, 0.15) is 11.3 Å². The molecule has 0 saturated heterocycles. The van der Waals surface area contributed by atoms with E-state index < -0.39 is 0 Å². The summed E-state index contributed by atoms with van der Waals surface area (Å²) in [7, 11) is 0. The number of aromatic nitrogens is 2. The third kappa shape index (κ3) is 3.48. The minimum atomic E-state index is -0.272. The van der Waals surface area contributed by atoms with Crippen molar-refractivity contribution >= 4 is 28.1 Å². The van der Waals surface area contributed by atoms with Crippen molar-refractivity contribution in [3.8, 4) is 17.3 Å². The second-order valence-electron chi connectivity index (χ2n) is 6.93. The molecule has 2 heterocycles. The van der Waals surface area contributed by atoms with E-state index in [1.165, 1.54) is 4.68 Å². The van der Waals surface area contributed by atoms with Gasteiger partial charge < -0.3 is 9.15 Å². The summed E-state index contributed by atoms with van der Waals surface area (Å²) in [5.41, 5.74) is 1.80. The maximum absolute atomic E-state index is 13.3. The lowest BCUT2D eigenvalue weighted by atomic mass is 10.2. The van der Waals surface area contributed by atoms with Crippen LogP contribution in [0.25, 0.3) is 33.5 Å². The first kappa shape index (κ1) is 18.8. The van der Waals surface area contributed by atoms with Gasteiger partial charge in [0.25, 0.3) is 5.56 Å². The van der Waals surface area contributed by atoms with E-state index in [0.29, 0.717) is 34.8 Å². The Morgan fingerprint density at radius 2 is 1.81 bits per heavy atom. The average molecular weight is 409 g/mol. The van der Waals surface area contributed by atoms with Gasteiger partial charge in [0.05, 0.1) is 23.7 Å². The van der Waals surface area contributed by atoms with Crippen LogP contribution in [0.3, 0.4) is 0 Å². The SMILES string of the molecule is CCOc1ccccc1C=Nn1c(-c2cc3ccccc3o2)nc2ccccc2c1=O. The molecule has 0 aliphatic carbocycles. The Hall–Kier alpha value is -4.19. The highest BCUT2D eigenvalue weighted by Crippen LogP contribution is 2.27. The quantitative estimate of drug-likeness (QED) is 0.379. The minimum Gasteiger partial charge on any atom is -0.493 e. The Kier molecular flexibility index (Phi) is 4.80. The van der Waals surface area contributed by atoms with Crippen molar-refractivity contribution < 1.29 is 9.15 Å². The molecule has 2 aromatic heterocycles. The van der Waals surface area contributed by atoms with Crippen molar-refractivity contribution in [1.82, 2.24) is 9.66 Å². The molecule has 0 amide bonds. The first-order chi connectivity index (χ1) is 15.2. The van der Waals surface area contributed by atoms with Crippen LogP contribution in [-0.4, -0.2) is 22.5 Å². The van der Waals surface area contributed by atoms with Crippen LogP contribution in [0.4, 0.5) is 0 Å². The molecule has 0 radical (unpaired) electrons. The lowest BCUT2D eigenvalue weighted by Gasteiger charge is -2.08. The van der Waals surface area contributed by atoms with Gasteiger partial charge in [-0.3, -0.25) is 4.79 Å². The molecule has 0 bridgehead atoms. The predicted molar refractivity (Wildman–Crippen MR) is 122 cm³/mol. The number of para-hydroxylation sites is 3. The van der Waals surface area contributed by atoms with Crippen molar-refractivity contribution in [3.63, 3.8) is 0 Å². The van der Waals surface area contributed by atoms with Gasteiger partial charge >= 0.3 is 0 Å². The number of ether oxygens (including phenoxy) is 1. The fourth-order valence-corrected chi connectivity index (χ4v) is 3.48. The molecule has 152 valence electrons. The zero-order valence-electron chi connectivity index (χ0n) is 16.9. The lowest BCUT2D eigenvalue weighted by molar-refractivity contribution is 0.340. The van der Waals surface area contributed by atoms with Crippen LogP contribution >= 0.6 is 0 Å². The predicted octanol–water partition coefficient (Wildman–Crippen LogP) is 5.09. The molecule has 0 atom stereocenters. The second kappa shape index (κ2) is 7.91. The van der Waals surface area contributed by atoms with E-state index in [-0.39, 0.29) is 5.56 Å². The number of rotatable bonds is 5. The van der Waals surface area contributed by atoms with Gasteiger partial charge in [0.15, 0.2) is 5.76 Å². The molecular formula is C25H19N3O3. The van der Waals surface area contributed by atoms with Crippen LogP contribution in [0.2, 0.25) is 0 Å². The van der Waals surface area contributed by atoms with Crippen LogP contribution in [0.1, 0.15) is 12.5 Å². The number of hydrogen-bond acceptors (Lipinski definition) is 5. The zero-order chi connectivity index (χ0) is 21.2. The molecule has 31 heavy (non-hydrogen) atoms. The normalized spacial score (nSPS) is 11.5. The number of furan rings is 1. The molecule has 0 fully saturated rings. The van der Waals surface area contributed by atoms with Crippen molar-refractivity contribution in [1.29, 1.82) is 0 Å². The van der Waals surface area contributed by atoms with Crippen molar-refractivity contribution in [3.05, 3.63) is 94.8 Å². The van der Waals surface area contributed by atoms with Crippen molar-refractivity contribution in [2.75, 3.05) is 6.61 Å². The van der Waals surface area contributed by atoms with E-state index in [1.54, 1.807) is 18.3 Å². The van der Waals surface area contributed by atoms with Gasteiger partial charge in [-0.25, -0.2) is 4.98 Å². The van der Waals surface area contributed by atoms with Crippen LogP contribution in [0.5, 0.6) is 5.75 Å². The van der Waals surface area contributed by atoms with Gasteiger partial charge in [0, 0.05) is 10.9 Å². The Labute approximate surface area is 178 Å². The molecule has 0 unspecified atom stereocenters. The van der Waals surface area contributed by atoms with Gasteiger partial charge in [-0.15, -0.1) is 0 Å². The van der Waals surface area contributed by atoms with Crippen LogP contribution < -0.4 is 10.3 Å². The zero-order valence-corrected chi connectivity index (χ0v) is 16.9. The highest BCUT2D eigenvalue weighted by Gasteiger charge is 2.16. The van der Waals surface area contributed by atoms with Crippen LogP contribution in [0, 0.1) is 0 Å². The molecule has 0 N–H and O–H groups in total. The molecule has 5 rings (SSSR count). The van der Waals surface area contributed by atoms with Crippen LogP contribution in [-0.2, 0) is 0 Å². The molecule has 0 saturated carbocycles. The van der Waals surface area contributed by atoms with Gasteiger partial charge in [-0.2, -0.15) is 9.78 Å². The fraction of sp³-hybridized carbons (Fsp3) is 0.0800.